The van der Waals surface area contributed by atoms with Gasteiger partial charge in [0.25, 0.3) is 0 Å². The Morgan fingerprint density at radius 2 is 2.31 bits per heavy atom. The summed E-state index contributed by atoms with van der Waals surface area (Å²) in [6, 6.07) is 0. The number of carbonyl (C=O) groups excluding carboxylic acids is 2. The van der Waals surface area contributed by atoms with Gasteiger partial charge < -0.3 is 14.2 Å². The van der Waals surface area contributed by atoms with E-state index in [1.165, 1.54) is 7.11 Å². The molecular formula is C10H15NO5. The number of hydrogen-bond donors (Lipinski definition) is 1. The van der Waals surface area contributed by atoms with Crippen molar-refractivity contribution >= 4 is 12.1 Å². The van der Waals surface area contributed by atoms with E-state index in [9.17, 15) is 9.59 Å². The molecule has 0 aromatic carbocycles. The number of carbonyl (C=O) groups is 2. The number of methoxy groups -OCH3 is 1. The van der Waals surface area contributed by atoms with Crippen LogP contribution in [0.1, 0.15) is 13.3 Å². The normalized spacial score (nSPS) is 24.0. The van der Waals surface area contributed by atoms with Gasteiger partial charge in [0.1, 0.15) is 0 Å². The molecule has 1 aliphatic rings. The van der Waals surface area contributed by atoms with Gasteiger partial charge in [-0.25, -0.2) is 9.59 Å². The van der Waals surface area contributed by atoms with E-state index in [-0.39, 0.29) is 19.6 Å². The Balaban J connectivity index is 2.81. The van der Waals surface area contributed by atoms with Crippen LogP contribution >= 0.6 is 0 Å². The molecule has 1 fully saturated rings. The number of esters is 1. The summed E-state index contributed by atoms with van der Waals surface area (Å²) in [7, 11) is 1.21. The van der Waals surface area contributed by atoms with E-state index in [0.717, 1.165) is 0 Å². The highest BCUT2D eigenvalue weighted by Gasteiger charge is 2.47. The Kier molecular flexibility index (Phi) is 3.89. The van der Waals surface area contributed by atoms with Crippen LogP contribution in [0.3, 0.4) is 0 Å². The molecule has 0 aliphatic carbocycles. The van der Waals surface area contributed by atoms with Crippen LogP contribution in [0.5, 0.6) is 0 Å². The van der Waals surface area contributed by atoms with E-state index in [0.29, 0.717) is 5.57 Å². The Bertz CT molecular complexity index is 314. The lowest BCUT2D eigenvalue weighted by Crippen LogP contribution is -2.55. The number of hydrogen-bond acceptors (Lipinski definition) is 5. The first-order valence-electron chi connectivity index (χ1n) is 4.88. The van der Waals surface area contributed by atoms with Gasteiger partial charge >= 0.3 is 12.1 Å². The molecule has 16 heavy (non-hydrogen) atoms. The Hall–Kier alpha value is -1.56. The minimum absolute atomic E-state index is 0.195. The molecule has 1 atom stereocenters. The van der Waals surface area contributed by atoms with E-state index in [4.69, 9.17) is 9.47 Å². The second-order valence-corrected chi connectivity index (χ2v) is 3.38. The number of alkyl carbamates (subject to hydrolysis) is 1. The van der Waals surface area contributed by atoms with Crippen molar-refractivity contribution in [3.05, 3.63) is 12.2 Å². The van der Waals surface area contributed by atoms with Gasteiger partial charge in [0.05, 0.1) is 20.3 Å². The van der Waals surface area contributed by atoms with Crippen LogP contribution in [-0.4, -0.2) is 38.1 Å². The summed E-state index contributed by atoms with van der Waals surface area (Å²) in [6.07, 6.45) is -0.552. The molecule has 1 aliphatic heterocycles. The summed E-state index contributed by atoms with van der Waals surface area (Å²) in [5.74, 6) is -0.640. The summed E-state index contributed by atoms with van der Waals surface area (Å²) in [6.45, 7) is 5.79. The minimum Gasteiger partial charge on any atom is -0.462 e. The van der Waals surface area contributed by atoms with Crippen LogP contribution in [-0.2, 0) is 19.0 Å². The van der Waals surface area contributed by atoms with Crippen molar-refractivity contribution in [2.24, 2.45) is 0 Å². The van der Waals surface area contributed by atoms with E-state index < -0.39 is 17.8 Å². The molecule has 1 amide bonds. The quantitative estimate of drug-likeness (QED) is 0.566. The van der Waals surface area contributed by atoms with Crippen molar-refractivity contribution in [2.75, 3.05) is 20.3 Å². The van der Waals surface area contributed by atoms with Crippen LogP contribution in [0.25, 0.3) is 0 Å². The van der Waals surface area contributed by atoms with E-state index in [2.05, 4.69) is 16.6 Å². The van der Waals surface area contributed by atoms with Crippen LogP contribution in [0.2, 0.25) is 0 Å². The molecule has 1 rings (SSSR count). The number of ether oxygens (including phenoxy) is 3. The average Bonchev–Trinajstić information content (AvgIpc) is 2.61. The van der Waals surface area contributed by atoms with Gasteiger partial charge in [-0.3, -0.25) is 5.32 Å². The molecule has 1 N–H and O–H groups in total. The molecule has 6 nitrogen and oxygen atoms in total. The zero-order valence-electron chi connectivity index (χ0n) is 9.37. The maximum atomic E-state index is 11.7. The number of nitrogens with one attached hydrogen (secondary N) is 1. The smallest absolute Gasteiger partial charge is 0.409 e. The molecule has 1 heterocycles. The highest BCUT2D eigenvalue weighted by molar-refractivity contribution is 5.85. The van der Waals surface area contributed by atoms with Gasteiger partial charge in [0, 0.05) is 6.42 Å². The predicted molar refractivity (Wildman–Crippen MR) is 54.6 cm³/mol. The van der Waals surface area contributed by atoms with Gasteiger partial charge in [0.2, 0.25) is 5.72 Å². The summed E-state index contributed by atoms with van der Waals surface area (Å²) in [5, 5.41) is 2.34. The van der Waals surface area contributed by atoms with Crippen molar-refractivity contribution in [3.8, 4) is 0 Å². The summed E-state index contributed by atoms with van der Waals surface area (Å²) < 4.78 is 14.5. The van der Waals surface area contributed by atoms with Gasteiger partial charge in [0.15, 0.2) is 0 Å². The third-order valence-electron chi connectivity index (χ3n) is 2.12. The number of rotatable bonds is 3. The van der Waals surface area contributed by atoms with Crippen molar-refractivity contribution in [2.45, 2.75) is 19.1 Å². The van der Waals surface area contributed by atoms with E-state index >= 15 is 0 Å². The fraction of sp³-hybridized carbons (Fsp3) is 0.600. The predicted octanol–water partition coefficient (Wildman–Crippen LogP) is 0.578. The summed E-state index contributed by atoms with van der Waals surface area (Å²) in [5.41, 5.74) is -0.773. The molecule has 0 saturated carbocycles. The van der Waals surface area contributed by atoms with Crippen LogP contribution in [0.15, 0.2) is 12.2 Å². The fourth-order valence-corrected chi connectivity index (χ4v) is 1.41. The largest absolute Gasteiger partial charge is 0.462 e. The highest BCUT2D eigenvalue weighted by Crippen LogP contribution is 2.27. The lowest BCUT2D eigenvalue weighted by atomic mass is 10.1. The molecule has 0 radical (unpaired) electrons. The van der Waals surface area contributed by atoms with Gasteiger partial charge in [-0.2, -0.15) is 0 Å². The summed E-state index contributed by atoms with van der Waals surface area (Å²) in [4.78, 5) is 22.8. The van der Waals surface area contributed by atoms with Crippen LogP contribution < -0.4 is 5.32 Å². The zero-order valence-corrected chi connectivity index (χ0v) is 9.37. The highest BCUT2D eigenvalue weighted by atomic mass is 16.6. The summed E-state index contributed by atoms with van der Waals surface area (Å²) >= 11 is 0. The lowest BCUT2D eigenvalue weighted by Gasteiger charge is -2.25. The second kappa shape index (κ2) is 4.98. The third kappa shape index (κ3) is 2.52. The molecule has 1 saturated heterocycles. The average molecular weight is 229 g/mol. The molecule has 0 spiro atoms. The SMILES string of the molecule is C=C1CO[C@](NC(=O)OC)(C(=O)OCC)C1. The van der Waals surface area contributed by atoms with Gasteiger partial charge in [-0.15, -0.1) is 0 Å². The minimum atomic E-state index is -1.49. The fourth-order valence-electron chi connectivity index (χ4n) is 1.41. The van der Waals surface area contributed by atoms with Crippen molar-refractivity contribution in [1.29, 1.82) is 0 Å². The molecule has 0 unspecified atom stereocenters. The van der Waals surface area contributed by atoms with Crippen molar-refractivity contribution < 1.29 is 23.8 Å². The maximum Gasteiger partial charge on any atom is 0.409 e. The molecule has 90 valence electrons. The maximum absolute atomic E-state index is 11.7. The number of amides is 1. The second-order valence-electron chi connectivity index (χ2n) is 3.38. The molecule has 0 aromatic heterocycles. The van der Waals surface area contributed by atoms with Gasteiger partial charge in [-0.05, 0) is 12.5 Å². The molecular weight excluding hydrogens is 214 g/mol. The van der Waals surface area contributed by atoms with E-state index in [1.807, 2.05) is 0 Å². The Labute approximate surface area is 93.5 Å². The third-order valence-corrected chi connectivity index (χ3v) is 2.12. The first-order chi connectivity index (χ1) is 7.54. The zero-order chi connectivity index (χ0) is 12.2. The topological polar surface area (TPSA) is 73.9 Å². The monoisotopic (exact) mass is 229 g/mol. The van der Waals surface area contributed by atoms with Crippen molar-refractivity contribution in [1.82, 2.24) is 5.32 Å². The molecule has 6 heteroatoms. The standard InChI is InChI=1S/C10H15NO5/c1-4-15-8(12)10(11-9(13)14-3)5-7(2)6-16-10/h2,4-6H2,1,3H3,(H,11,13)/t10-/m0/s1. The molecule has 0 aromatic rings. The van der Waals surface area contributed by atoms with Crippen LogP contribution in [0, 0.1) is 0 Å². The Morgan fingerprint density at radius 3 is 2.75 bits per heavy atom. The first-order valence-corrected chi connectivity index (χ1v) is 4.88. The van der Waals surface area contributed by atoms with E-state index in [1.54, 1.807) is 6.92 Å². The first kappa shape index (κ1) is 12.5. The molecule has 0 bridgehead atoms. The Morgan fingerprint density at radius 1 is 1.62 bits per heavy atom. The lowest BCUT2D eigenvalue weighted by molar-refractivity contribution is -0.169. The van der Waals surface area contributed by atoms with Crippen molar-refractivity contribution in [3.63, 3.8) is 0 Å². The van der Waals surface area contributed by atoms with Crippen LogP contribution in [0.4, 0.5) is 4.79 Å². The van der Waals surface area contributed by atoms with Gasteiger partial charge in [-0.1, -0.05) is 6.58 Å².